The van der Waals surface area contributed by atoms with Crippen molar-refractivity contribution in [3.63, 3.8) is 0 Å². The Morgan fingerprint density at radius 1 is 1.09 bits per heavy atom. The van der Waals surface area contributed by atoms with Gasteiger partial charge in [0.2, 0.25) is 5.91 Å². The molecule has 1 aromatic rings. The molecule has 0 saturated carbocycles. The summed E-state index contributed by atoms with van der Waals surface area (Å²) in [5.41, 5.74) is 0.627. The number of hydrogen-bond acceptors (Lipinski definition) is 3. The molecular weight excluding hydrogens is 278 g/mol. The highest BCUT2D eigenvalue weighted by Gasteiger charge is 2.19. The maximum Gasteiger partial charge on any atom is 0.251 e. The molecule has 0 aromatic heterocycles. The fourth-order valence-electron chi connectivity index (χ4n) is 2.32. The average Bonchev–Trinajstić information content (AvgIpc) is 2.45. The van der Waals surface area contributed by atoms with Crippen LogP contribution in [0.1, 0.15) is 30.6 Å². The second-order valence-electron chi connectivity index (χ2n) is 6.55. The first-order valence-corrected chi connectivity index (χ1v) is 7.55. The Bertz CT molecular complexity index is 484. The summed E-state index contributed by atoms with van der Waals surface area (Å²) in [7, 11) is 4.03. The number of rotatable bonds is 8. The summed E-state index contributed by atoms with van der Waals surface area (Å²) in [4.78, 5) is 25.7. The summed E-state index contributed by atoms with van der Waals surface area (Å²) in [5.74, 6) is -0.193. The third-order valence-corrected chi connectivity index (χ3v) is 3.18. The van der Waals surface area contributed by atoms with Gasteiger partial charge in [-0.1, -0.05) is 32.0 Å². The molecule has 0 aliphatic carbocycles. The van der Waals surface area contributed by atoms with Crippen LogP contribution < -0.4 is 10.6 Å². The van der Waals surface area contributed by atoms with Crippen molar-refractivity contribution < 1.29 is 9.59 Å². The summed E-state index contributed by atoms with van der Waals surface area (Å²) in [6.07, 6.45) is 0.288. The van der Waals surface area contributed by atoms with Gasteiger partial charge in [0.25, 0.3) is 5.91 Å². The van der Waals surface area contributed by atoms with Crippen LogP contribution in [0.3, 0.4) is 0 Å². The van der Waals surface area contributed by atoms with Crippen LogP contribution in [0.5, 0.6) is 0 Å². The topological polar surface area (TPSA) is 61.4 Å². The zero-order valence-electron chi connectivity index (χ0n) is 14.0. The Morgan fingerprint density at radius 2 is 1.73 bits per heavy atom. The maximum absolute atomic E-state index is 11.8. The average molecular weight is 305 g/mol. The van der Waals surface area contributed by atoms with Gasteiger partial charge in [0.1, 0.15) is 0 Å². The van der Waals surface area contributed by atoms with E-state index in [4.69, 9.17) is 0 Å². The minimum Gasteiger partial charge on any atom is -0.355 e. The molecule has 0 atom stereocenters. The lowest BCUT2D eigenvalue weighted by Crippen LogP contribution is -2.40. The van der Waals surface area contributed by atoms with Gasteiger partial charge in [-0.2, -0.15) is 0 Å². The molecule has 0 unspecified atom stereocenters. The number of nitrogens with zero attached hydrogens (tertiary/aromatic N) is 1. The Hall–Kier alpha value is -1.88. The SMILES string of the molecule is CN(C)CC(C)(C)CNC(=O)CCNC(=O)c1ccccc1. The van der Waals surface area contributed by atoms with Crippen molar-refractivity contribution >= 4 is 11.8 Å². The molecule has 2 amide bonds. The summed E-state index contributed by atoms with van der Waals surface area (Å²) in [6, 6.07) is 8.99. The van der Waals surface area contributed by atoms with E-state index in [2.05, 4.69) is 29.4 Å². The van der Waals surface area contributed by atoms with Crippen LogP contribution in [-0.4, -0.2) is 50.4 Å². The highest BCUT2D eigenvalue weighted by molar-refractivity contribution is 5.94. The van der Waals surface area contributed by atoms with Crippen LogP contribution in [0, 0.1) is 5.41 Å². The molecule has 0 heterocycles. The normalized spacial score (nSPS) is 11.3. The molecule has 0 radical (unpaired) electrons. The van der Waals surface area contributed by atoms with E-state index >= 15 is 0 Å². The second kappa shape index (κ2) is 8.54. The number of nitrogens with one attached hydrogen (secondary N) is 2. The Kier molecular flexibility index (Phi) is 7.05. The van der Waals surface area contributed by atoms with Crippen molar-refractivity contribution in [1.29, 1.82) is 0 Å². The van der Waals surface area contributed by atoms with Crippen LogP contribution >= 0.6 is 0 Å². The molecule has 5 heteroatoms. The highest BCUT2D eigenvalue weighted by Crippen LogP contribution is 2.13. The first-order valence-electron chi connectivity index (χ1n) is 7.55. The molecule has 0 saturated heterocycles. The van der Waals surface area contributed by atoms with Gasteiger partial charge in [0.05, 0.1) is 0 Å². The van der Waals surface area contributed by atoms with Gasteiger partial charge in [-0.05, 0) is 31.6 Å². The second-order valence-corrected chi connectivity index (χ2v) is 6.55. The lowest BCUT2D eigenvalue weighted by molar-refractivity contribution is -0.121. The largest absolute Gasteiger partial charge is 0.355 e. The van der Waals surface area contributed by atoms with Crippen LogP contribution in [-0.2, 0) is 4.79 Å². The molecule has 2 N–H and O–H groups in total. The lowest BCUT2D eigenvalue weighted by atomic mass is 9.93. The molecule has 22 heavy (non-hydrogen) atoms. The predicted molar refractivity (Wildman–Crippen MR) is 88.7 cm³/mol. The first kappa shape index (κ1) is 18.2. The standard InChI is InChI=1S/C17H27N3O2/c1-17(2,13-20(3)4)12-19-15(21)10-11-18-16(22)14-8-6-5-7-9-14/h5-9H,10-13H2,1-4H3,(H,18,22)(H,19,21). The quantitative estimate of drug-likeness (QED) is 0.765. The van der Waals surface area contributed by atoms with E-state index in [9.17, 15) is 9.59 Å². The van der Waals surface area contributed by atoms with Crippen LogP contribution in [0.25, 0.3) is 0 Å². The van der Waals surface area contributed by atoms with E-state index < -0.39 is 0 Å². The minimum atomic E-state index is -0.152. The zero-order chi connectivity index (χ0) is 16.6. The molecule has 1 aromatic carbocycles. The molecule has 5 nitrogen and oxygen atoms in total. The molecule has 0 bridgehead atoms. The van der Waals surface area contributed by atoms with Crippen molar-refractivity contribution in [2.75, 3.05) is 33.7 Å². The fraction of sp³-hybridized carbons (Fsp3) is 0.529. The van der Waals surface area contributed by atoms with E-state index in [0.717, 1.165) is 6.54 Å². The zero-order valence-corrected chi connectivity index (χ0v) is 14.0. The van der Waals surface area contributed by atoms with Crippen LogP contribution in [0.2, 0.25) is 0 Å². The molecule has 1 rings (SSSR count). The van der Waals surface area contributed by atoms with Crippen molar-refractivity contribution in [2.24, 2.45) is 5.41 Å². The number of carbonyl (C=O) groups is 2. The molecular formula is C17H27N3O2. The summed E-state index contributed by atoms with van der Waals surface area (Å²) in [5, 5.41) is 5.68. The smallest absolute Gasteiger partial charge is 0.251 e. The van der Waals surface area contributed by atoms with Crippen LogP contribution in [0.15, 0.2) is 30.3 Å². The first-order chi connectivity index (χ1) is 10.3. The van der Waals surface area contributed by atoms with Crippen molar-refractivity contribution in [3.05, 3.63) is 35.9 Å². The van der Waals surface area contributed by atoms with E-state index in [1.54, 1.807) is 12.1 Å². The van der Waals surface area contributed by atoms with E-state index in [1.807, 2.05) is 32.3 Å². The van der Waals surface area contributed by atoms with Gasteiger partial charge in [0, 0.05) is 31.6 Å². The predicted octanol–water partition coefficient (Wildman–Crippen LogP) is 1.51. The molecule has 0 fully saturated rings. The molecule has 122 valence electrons. The molecule has 0 aliphatic rings. The van der Waals surface area contributed by atoms with Gasteiger partial charge < -0.3 is 15.5 Å². The van der Waals surface area contributed by atoms with E-state index in [-0.39, 0.29) is 23.7 Å². The minimum absolute atomic E-state index is 0.0203. The summed E-state index contributed by atoms with van der Waals surface area (Å²) >= 11 is 0. The third-order valence-electron chi connectivity index (χ3n) is 3.18. The monoisotopic (exact) mass is 305 g/mol. The summed E-state index contributed by atoms with van der Waals surface area (Å²) in [6.45, 7) is 6.09. The number of hydrogen-bond donors (Lipinski definition) is 2. The van der Waals surface area contributed by atoms with E-state index in [0.29, 0.717) is 18.7 Å². The van der Waals surface area contributed by atoms with Gasteiger partial charge >= 0.3 is 0 Å². The number of benzene rings is 1. The third kappa shape index (κ3) is 7.22. The Labute approximate surface area is 133 Å². The molecule has 0 aliphatic heterocycles. The maximum atomic E-state index is 11.8. The van der Waals surface area contributed by atoms with Crippen molar-refractivity contribution in [3.8, 4) is 0 Å². The van der Waals surface area contributed by atoms with Gasteiger partial charge in [-0.25, -0.2) is 0 Å². The van der Waals surface area contributed by atoms with Gasteiger partial charge in [-0.3, -0.25) is 9.59 Å². The summed E-state index contributed by atoms with van der Waals surface area (Å²) < 4.78 is 0. The van der Waals surface area contributed by atoms with E-state index in [1.165, 1.54) is 0 Å². The fourth-order valence-corrected chi connectivity index (χ4v) is 2.32. The van der Waals surface area contributed by atoms with Crippen molar-refractivity contribution in [2.45, 2.75) is 20.3 Å². The van der Waals surface area contributed by atoms with Gasteiger partial charge in [0.15, 0.2) is 0 Å². The Morgan fingerprint density at radius 3 is 2.32 bits per heavy atom. The van der Waals surface area contributed by atoms with Crippen molar-refractivity contribution in [1.82, 2.24) is 15.5 Å². The number of amides is 2. The lowest BCUT2D eigenvalue weighted by Gasteiger charge is -2.28. The Balaban J connectivity index is 2.25. The number of carbonyl (C=O) groups excluding carboxylic acids is 2. The molecule has 0 spiro atoms. The highest BCUT2D eigenvalue weighted by atomic mass is 16.2. The van der Waals surface area contributed by atoms with Gasteiger partial charge in [-0.15, -0.1) is 0 Å². The van der Waals surface area contributed by atoms with Crippen LogP contribution in [0.4, 0.5) is 0 Å².